The molecule has 0 saturated heterocycles. The van der Waals surface area contributed by atoms with Gasteiger partial charge >= 0.3 is 39.5 Å². The molecule has 0 rings (SSSR count). The fraction of sp³-hybridized carbons (Fsp3) is 0.893. The fourth-order valence-electron chi connectivity index (χ4n) is 11.0. The molecular weight excluding hydrogens is 1230 g/mol. The minimum absolute atomic E-state index is 0.102. The third kappa shape index (κ3) is 66.8. The number of hydrogen-bond donors (Lipinski definition) is 3. The maximum absolute atomic E-state index is 13.1. The lowest BCUT2D eigenvalue weighted by Gasteiger charge is -2.21. The summed E-state index contributed by atoms with van der Waals surface area (Å²) in [5.41, 5.74) is 0. The fourth-order valence-corrected chi connectivity index (χ4v) is 12.5. The van der Waals surface area contributed by atoms with Crippen LogP contribution < -0.4 is 0 Å². The van der Waals surface area contributed by atoms with Crippen LogP contribution in [0.3, 0.4) is 0 Å². The zero-order chi connectivity index (χ0) is 69.1. The number of aliphatic hydroxyl groups is 1. The number of phosphoric acid groups is 2. The summed E-state index contributed by atoms with van der Waals surface area (Å²) in [6, 6.07) is 0. The molecule has 94 heavy (non-hydrogen) atoms. The normalized spacial score (nSPS) is 14.4. The molecule has 0 aromatic heterocycles. The van der Waals surface area contributed by atoms with Gasteiger partial charge in [0.1, 0.15) is 19.3 Å². The summed E-state index contributed by atoms with van der Waals surface area (Å²) in [5.74, 6) is -1.28. The highest BCUT2D eigenvalue weighted by Gasteiger charge is 2.30. The largest absolute Gasteiger partial charge is 0.472 e. The number of hydrogen-bond acceptors (Lipinski definition) is 15. The second-order valence-electron chi connectivity index (χ2n) is 26.6. The van der Waals surface area contributed by atoms with Gasteiger partial charge in [-0.3, -0.25) is 37.3 Å². The van der Waals surface area contributed by atoms with Crippen molar-refractivity contribution in [3.8, 4) is 0 Å². The van der Waals surface area contributed by atoms with Gasteiger partial charge in [0.05, 0.1) is 26.4 Å². The summed E-state index contributed by atoms with van der Waals surface area (Å²) in [6.45, 7) is 7.23. The number of phosphoric ester groups is 2. The lowest BCUT2D eigenvalue weighted by atomic mass is 9.99. The number of ether oxygens (including phenoxy) is 4. The molecule has 0 heterocycles. The molecule has 0 aromatic carbocycles. The van der Waals surface area contributed by atoms with Crippen molar-refractivity contribution < 1.29 is 80.2 Å². The van der Waals surface area contributed by atoms with E-state index in [-0.39, 0.29) is 25.7 Å². The first-order valence-electron chi connectivity index (χ1n) is 38.5. The summed E-state index contributed by atoms with van der Waals surface area (Å²) < 4.78 is 68.3. The van der Waals surface area contributed by atoms with Gasteiger partial charge in [0.25, 0.3) is 0 Å². The number of carbonyl (C=O) groups is 4. The summed E-state index contributed by atoms with van der Waals surface area (Å²) >= 11 is 0. The molecule has 0 radical (unpaired) electrons. The molecule has 554 valence electrons. The highest BCUT2D eigenvalue weighted by Crippen LogP contribution is 2.45. The van der Waals surface area contributed by atoms with Crippen molar-refractivity contribution in [2.75, 3.05) is 39.6 Å². The number of unbranched alkanes of at least 4 members (excludes halogenated alkanes) is 41. The molecule has 0 bridgehead atoms. The average Bonchev–Trinajstić information content (AvgIpc) is 1.65. The maximum Gasteiger partial charge on any atom is 0.472 e. The van der Waals surface area contributed by atoms with Crippen LogP contribution >= 0.6 is 15.6 Å². The molecule has 0 spiro atoms. The highest BCUT2D eigenvalue weighted by atomic mass is 31.2. The number of esters is 4. The summed E-state index contributed by atoms with van der Waals surface area (Å²) in [5, 5.41) is 10.6. The monoisotopic (exact) mass is 1380 g/mol. The van der Waals surface area contributed by atoms with Crippen LogP contribution in [0.15, 0.2) is 24.3 Å². The third-order valence-electron chi connectivity index (χ3n) is 17.3. The van der Waals surface area contributed by atoms with E-state index in [9.17, 15) is 43.2 Å². The van der Waals surface area contributed by atoms with E-state index in [0.717, 1.165) is 121 Å². The molecule has 0 saturated carbocycles. The molecule has 0 aliphatic rings. The van der Waals surface area contributed by atoms with Crippen LogP contribution in [0.4, 0.5) is 0 Å². The predicted molar refractivity (Wildman–Crippen MR) is 381 cm³/mol. The Hall–Kier alpha value is -2.46. The third-order valence-corrected chi connectivity index (χ3v) is 19.2. The molecule has 17 nitrogen and oxygen atoms in total. The number of rotatable bonds is 73. The van der Waals surface area contributed by atoms with Gasteiger partial charge in [-0.25, -0.2) is 9.13 Å². The van der Waals surface area contributed by atoms with E-state index in [4.69, 9.17) is 37.0 Å². The Kier molecular flexibility index (Phi) is 65.9. The van der Waals surface area contributed by atoms with E-state index in [0.29, 0.717) is 25.7 Å². The molecule has 0 fully saturated rings. The molecule has 0 aliphatic heterocycles. The van der Waals surface area contributed by atoms with Gasteiger partial charge in [-0.1, -0.05) is 316 Å². The van der Waals surface area contributed by atoms with Crippen LogP contribution in [-0.4, -0.2) is 96.7 Å². The van der Waals surface area contributed by atoms with Crippen LogP contribution in [0.2, 0.25) is 0 Å². The van der Waals surface area contributed by atoms with E-state index >= 15 is 0 Å². The maximum atomic E-state index is 13.1. The second-order valence-corrected chi connectivity index (χ2v) is 29.5. The summed E-state index contributed by atoms with van der Waals surface area (Å²) in [6.07, 6.45) is 59.2. The van der Waals surface area contributed by atoms with Gasteiger partial charge in [0.2, 0.25) is 0 Å². The van der Waals surface area contributed by atoms with E-state index in [1.807, 2.05) is 0 Å². The number of allylic oxidation sites excluding steroid dienone is 4. The van der Waals surface area contributed by atoms with E-state index in [1.54, 1.807) is 0 Å². The van der Waals surface area contributed by atoms with Crippen LogP contribution in [-0.2, 0) is 65.4 Å². The zero-order valence-corrected chi connectivity index (χ0v) is 62.4. The number of aliphatic hydroxyl groups excluding tert-OH is 1. The molecule has 0 aromatic rings. The Morgan fingerprint density at radius 1 is 0.340 bits per heavy atom. The first kappa shape index (κ1) is 91.5. The van der Waals surface area contributed by atoms with Crippen molar-refractivity contribution in [2.45, 2.75) is 387 Å². The lowest BCUT2D eigenvalue weighted by Crippen LogP contribution is -2.30. The van der Waals surface area contributed by atoms with Gasteiger partial charge in [-0.05, 0) is 57.3 Å². The van der Waals surface area contributed by atoms with E-state index in [1.165, 1.54) is 167 Å². The first-order chi connectivity index (χ1) is 45.6. The van der Waals surface area contributed by atoms with Crippen molar-refractivity contribution in [3.05, 3.63) is 24.3 Å². The first-order valence-corrected chi connectivity index (χ1v) is 41.5. The average molecular weight is 1380 g/mol. The zero-order valence-electron chi connectivity index (χ0n) is 60.6. The van der Waals surface area contributed by atoms with Crippen molar-refractivity contribution in [1.29, 1.82) is 0 Å². The van der Waals surface area contributed by atoms with Gasteiger partial charge in [-0.2, -0.15) is 0 Å². The SMILES string of the molecule is CCCCCC/C=C\C=C/CCCCCCCC(=O)OC[C@H](COP(=O)(O)OC[C@@H](O)COP(=O)(O)OC[C@@H](COC(=O)CCCCCCCCCC)OC(=O)CCCCCCCCCCC)OC(=O)CCCCCCCCCCCCCCCCCCCCC(C)CC. The Morgan fingerprint density at radius 2 is 0.596 bits per heavy atom. The van der Waals surface area contributed by atoms with Crippen LogP contribution in [0, 0.1) is 5.92 Å². The van der Waals surface area contributed by atoms with Crippen molar-refractivity contribution in [2.24, 2.45) is 5.92 Å². The van der Waals surface area contributed by atoms with Crippen molar-refractivity contribution >= 4 is 39.5 Å². The smallest absolute Gasteiger partial charge is 0.462 e. The van der Waals surface area contributed by atoms with Gasteiger partial charge in [0, 0.05) is 25.7 Å². The number of carbonyl (C=O) groups excluding carboxylic acids is 4. The lowest BCUT2D eigenvalue weighted by molar-refractivity contribution is -0.161. The minimum atomic E-state index is -4.96. The molecular formula is C75H142O17P2. The van der Waals surface area contributed by atoms with Crippen LogP contribution in [0.1, 0.15) is 369 Å². The van der Waals surface area contributed by atoms with E-state index in [2.05, 4.69) is 58.9 Å². The Balaban J connectivity index is 5.18. The molecule has 0 amide bonds. The summed E-state index contributed by atoms with van der Waals surface area (Å²) in [4.78, 5) is 72.5. The van der Waals surface area contributed by atoms with Crippen LogP contribution in [0.25, 0.3) is 0 Å². The molecule has 3 N–H and O–H groups in total. The van der Waals surface area contributed by atoms with Gasteiger partial charge in [0.15, 0.2) is 12.2 Å². The Morgan fingerprint density at radius 3 is 0.904 bits per heavy atom. The van der Waals surface area contributed by atoms with Gasteiger partial charge in [-0.15, -0.1) is 0 Å². The quantitative estimate of drug-likeness (QED) is 0.0169. The minimum Gasteiger partial charge on any atom is -0.462 e. The molecule has 6 atom stereocenters. The molecule has 3 unspecified atom stereocenters. The molecule has 19 heteroatoms. The Labute approximate surface area is 573 Å². The van der Waals surface area contributed by atoms with Gasteiger partial charge < -0.3 is 33.8 Å². The Bertz CT molecular complexity index is 1900. The second kappa shape index (κ2) is 67.7. The van der Waals surface area contributed by atoms with Crippen LogP contribution in [0.5, 0.6) is 0 Å². The topological polar surface area (TPSA) is 237 Å². The van der Waals surface area contributed by atoms with E-state index < -0.39 is 97.5 Å². The standard InChI is InChI=1S/C75H142O17P2/c1-6-10-13-16-19-22-23-24-29-33-36-40-44-49-54-59-73(78)86-65-71(92-75(80)61-56-51-46-41-37-34-31-28-26-25-27-30-32-35-39-42-47-52-57-68(5)9-4)67-90-94(83,84)88-63-69(76)62-87-93(81,82)89-66-70(64-85-72(77)58-53-48-43-21-18-15-12-8-3)91-74(79)60-55-50-45-38-20-17-14-11-7-2/h22-24,29,68-71,76H,6-21,25-28,30-67H2,1-5H3,(H,81,82)(H,83,84)/b23-22-,29-24-/t68?,69-,70+,71+/m0/s1. The predicted octanol–water partition coefficient (Wildman–Crippen LogP) is 21.6. The molecule has 0 aliphatic carbocycles. The van der Waals surface area contributed by atoms with Crippen molar-refractivity contribution in [3.63, 3.8) is 0 Å². The highest BCUT2D eigenvalue weighted by molar-refractivity contribution is 7.47. The van der Waals surface area contributed by atoms with Crippen molar-refractivity contribution in [1.82, 2.24) is 0 Å². The summed E-state index contributed by atoms with van der Waals surface area (Å²) in [7, 11) is -9.91.